The van der Waals surface area contributed by atoms with Crippen LogP contribution in [0, 0.1) is 0 Å². The minimum atomic E-state index is -0.833. The van der Waals surface area contributed by atoms with Gasteiger partial charge in [-0.1, -0.05) is 30.3 Å². The number of carboxylic acids is 1. The summed E-state index contributed by atoms with van der Waals surface area (Å²) in [6.45, 7) is 2.88. The highest BCUT2D eigenvalue weighted by Crippen LogP contribution is 2.32. The molecule has 3 aromatic carbocycles. The number of H-pyrrole nitrogens is 2. The average Bonchev–Trinajstić information content (AvgIpc) is 3.53. The van der Waals surface area contributed by atoms with Crippen LogP contribution in [0.1, 0.15) is 18.9 Å². The molecule has 0 bridgehead atoms. The minimum absolute atomic E-state index is 0.249. The molecule has 39 heavy (non-hydrogen) atoms. The molecule has 0 aliphatic carbocycles. The van der Waals surface area contributed by atoms with Gasteiger partial charge in [-0.05, 0) is 48.9 Å². The molecular weight excluding hydrogens is 496 g/mol. The number of aliphatic carboxylic acids is 1. The second-order valence-electron chi connectivity index (χ2n) is 9.05. The molecule has 0 saturated heterocycles. The van der Waals surface area contributed by atoms with E-state index in [0.29, 0.717) is 29.9 Å². The summed E-state index contributed by atoms with van der Waals surface area (Å²) in [5.41, 5.74) is 11.7. The van der Waals surface area contributed by atoms with E-state index in [-0.39, 0.29) is 5.56 Å². The van der Waals surface area contributed by atoms with Gasteiger partial charge < -0.3 is 30.1 Å². The van der Waals surface area contributed by atoms with Crippen LogP contribution in [0.25, 0.3) is 44.2 Å². The van der Waals surface area contributed by atoms with E-state index in [2.05, 4.69) is 19.5 Å². The molecule has 0 fully saturated rings. The number of carbonyl (C=O) groups is 1. The van der Waals surface area contributed by atoms with Crippen molar-refractivity contribution in [2.24, 2.45) is 5.73 Å². The van der Waals surface area contributed by atoms with Crippen LogP contribution in [0.3, 0.4) is 0 Å². The molecule has 0 aliphatic heterocycles. The third-order valence-electron chi connectivity index (χ3n) is 6.19. The summed E-state index contributed by atoms with van der Waals surface area (Å²) in [7, 11) is 0. The van der Waals surface area contributed by atoms with Crippen LogP contribution >= 0.6 is 0 Å². The SMILES string of the molecule is CC(=O)O.NCCCn1cc(-c2nc3cc4[nH]cnc4cc3[nH]c2=O)c2cc(OCc3ccccc3)ccc21. The Balaban J connectivity index is 0.000000723. The zero-order valence-electron chi connectivity index (χ0n) is 21.3. The summed E-state index contributed by atoms with van der Waals surface area (Å²) in [6, 6.07) is 19.7. The Bertz CT molecular complexity index is 1820. The number of carboxylic acid groups (broad SMARTS) is 1. The first-order valence-corrected chi connectivity index (χ1v) is 12.5. The molecule has 198 valence electrons. The van der Waals surface area contributed by atoms with E-state index in [1.165, 1.54) is 0 Å². The Kier molecular flexibility index (Phi) is 7.37. The summed E-state index contributed by atoms with van der Waals surface area (Å²) in [5.74, 6) is -0.101. The fourth-order valence-corrected chi connectivity index (χ4v) is 4.44. The average molecular weight is 525 g/mol. The lowest BCUT2D eigenvalue weighted by Crippen LogP contribution is -2.11. The maximum atomic E-state index is 13.2. The molecule has 0 spiro atoms. The monoisotopic (exact) mass is 524 g/mol. The molecule has 0 amide bonds. The second-order valence-corrected chi connectivity index (χ2v) is 9.05. The zero-order chi connectivity index (χ0) is 27.4. The summed E-state index contributed by atoms with van der Waals surface area (Å²) >= 11 is 0. The predicted molar refractivity (Wildman–Crippen MR) is 151 cm³/mol. The lowest BCUT2D eigenvalue weighted by atomic mass is 10.1. The number of nitrogens with zero attached hydrogens (tertiary/aromatic N) is 3. The standard InChI is InChI=1S/C27H24N6O2.C2H4O2/c28-9-4-10-33-14-20(19-11-18(7-8-25(19)33)35-15-17-5-2-1-3-6-17)26-27(34)32-24-13-22-21(29-16-30-22)12-23(24)31-26;1-2(3)4/h1-3,5-8,11-14,16H,4,9-10,15,28H2,(H,29,30)(H,32,34);1H3,(H,3,4). The van der Waals surface area contributed by atoms with E-state index < -0.39 is 5.97 Å². The summed E-state index contributed by atoms with van der Waals surface area (Å²) in [6.07, 6.45) is 4.44. The molecular formula is C29H28N6O4. The molecule has 0 unspecified atom stereocenters. The lowest BCUT2D eigenvalue weighted by molar-refractivity contribution is -0.134. The molecule has 10 heteroatoms. The van der Waals surface area contributed by atoms with Crippen LogP contribution in [-0.2, 0) is 17.9 Å². The van der Waals surface area contributed by atoms with Gasteiger partial charge in [-0.25, -0.2) is 9.97 Å². The summed E-state index contributed by atoms with van der Waals surface area (Å²) < 4.78 is 8.20. The van der Waals surface area contributed by atoms with Gasteiger partial charge in [0.05, 0.1) is 28.4 Å². The van der Waals surface area contributed by atoms with Gasteiger partial charge in [0.1, 0.15) is 18.1 Å². The molecule has 0 saturated carbocycles. The number of aromatic nitrogens is 5. The molecule has 6 aromatic rings. The zero-order valence-corrected chi connectivity index (χ0v) is 21.3. The van der Waals surface area contributed by atoms with Gasteiger partial charge in [-0.2, -0.15) is 0 Å². The second kappa shape index (κ2) is 11.2. The largest absolute Gasteiger partial charge is 0.489 e. The number of nitrogens with two attached hydrogens (primary N) is 1. The van der Waals surface area contributed by atoms with Gasteiger partial charge >= 0.3 is 0 Å². The quantitative estimate of drug-likeness (QED) is 0.241. The van der Waals surface area contributed by atoms with E-state index in [0.717, 1.165) is 58.7 Å². The van der Waals surface area contributed by atoms with Crippen molar-refractivity contribution in [3.63, 3.8) is 0 Å². The van der Waals surface area contributed by atoms with Crippen LogP contribution in [0.15, 0.2) is 78.0 Å². The van der Waals surface area contributed by atoms with Crippen molar-refractivity contribution >= 4 is 38.9 Å². The van der Waals surface area contributed by atoms with Gasteiger partial charge in [0, 0.05) is 36.1 Å². The number of hydrogen-bond donors (Lipinski definition) is 4. The van der Waals surface area contributed by atoms with E-state index in [9.17, 15) is 4.79 Å². The molecule has 0 atom stereocenters. The number of hydrogen-bond acceptors (Lipinski definition) is 6. The van der Waals surface area contributed by atoms with Crippen LogP contribution in [0.5, 0.6) is 5.75 Å². The Morgan fingerprint density at radius 2 is 1.85 bits per heavy atom. The number of fused-ring (bicyclic) bond motifs is 3. The lowest BCUT2D eigenvalue weighted by Gasteiger charge is -2.08. The Morgan fingerprint density at radius 3 is 2.62 bits per heavy atom. The maximum absolute atomic E-state index is 13.2. The van der Waals surface area contributed by atoms with Crippen molar-refractivity contribution in [1.29, 1.82) is 0 Å². The Labute approximate surface area is 223 Å². The van der Waals surface area contributed by atoms with E-state index in [1.807, 2.05) is 66.9 Å². The van der Waals surface area contributed by atoms with E-state index in [4.69, 9.17) is 25.4 Å². The predicted octanol–water partition coefficient (Wildman–Crippen LogP) is 4.44. The van der Waals surface area contributed by atoms with Crippen molar-refractivity contribution in [1.82, 2.24) is 24.5 Å². The molecule has 0 radical (unpaired) electrons. The highest BCUT2D eigenvalue weighted by molar-refractivity contribution is 5.97. The van der Waals surface area contributed by atoms with Gasteiger partial charge in [0.25, 0.3) is 11.5 Å². The van der Waals surface area contributed by atoms with Gasteiger partial charge in [-0.3, -0.25) is 9.59 Å². The number of aryl methyl sites for hydroxylation is 1. The van der Waals surface area contributed by atoms with Crippen LogP contribution in [0.2, 0.25) is 0 Å². The summed E-state index contributed by atoms with van der Waals surface area (Å²) in [5, 5.41) is 8.33. The number of benzene rings is 3. The molecule has 3 heterocycles. The number of imidazole rings is 1. The number of rotatable bonds is 7. The van der Waals surface area contributed by atoms with Crippen LogP contribution in [-0.4, -0.2) is 42.1 Å². The van der Waals surface area contributed by atoms with E-state index >= 15 is 0 Å². The van der Waals surface area contributed by atoms with Crippen molar-refractivity contribution < 1.29 is 14.6 Å². The molecule has 6 rings (SSSR count). The smallest absolute Gasteiger partial charge is 0.300 e. The third kappa shape index (κ3) is 5.65. The Morgan fingerprint density at radius 1 is 1.08 bits per heavy atom. The van der Waals surface area contributed by atoms with E-state index in [1.54, 1.807) is 6.33 Å². The fraction of sp³-hybridized carbons (Fsp3) is 0.172. The van der Waals surface area contributed by atoms with Crippen LogP contribution < -0.4 is 16.0 Å². The van der Waals surface area contributed by atoms with Crippen molar-refractivity contribution in [3.05, 3.63) is 89.1 Å². The molecule has 3 aromatic heterocycles. The topological polar surface area (TPSA) is 152 Å². The number of aromatic amines is 2. The van der Waals surface area contributed by atoms with Crippen molar-refractivity contribution in [3.8, 4) is 17.0 Å². The Hall–Kier alpha value is -4.96. The molecule has 10 nitrogen and oxygen atoms in total. The maximum Gasteiger partial charge on any atom is 0.300 e. The van der Waals surface area contributed by atoms with Gasteiger partial charge in [-0.15, -0.1) is 0 Å². The minimum Gasteiger partial charge on any atom is -0.489 e. The first kappa shape index (κ1) is 25.7. The number of ether oxygens (including phenoxy) is 1. The summed E-state index contributed by atoms with van der Waals surface area (Å²) in [4.78, 5) is 37.3. The fourth-order valence-electron chi connectivity index (χ4n) is 4.44. The van der Waals surface area contributed by atoms with Crippen molar-refractivity contribution in [2.45, 2.75) is 26.5 Å². The first-order chi connectivity index (χ1) is 18.9. The first-order valence-electron chi connectivity index (χ1n) is 12.5. The van der Waals surface area contributed by atoms with Crippen LogP contribution in [0.4, 0.5) is 0 Å². The highest BCUT2D eigenvalue weighted by Gasteiger charge is 2.17. The van der Waals surface area contributed by atoms with Gasteiger partial charge in [0.2, 0.25) is 0 Å². The normalized spacial score (nSPS) is 11.0. The highest BCUT2D eigenvalue weighted by atomic mass is 16.5. The van der Waals surface area contributed by atoms with Crippen molar-refractivity contribution in [2.75, 3.05) is 6.54 Å². The molecule has 0 aliphatic rings. The number of nitrogens with one attached hydrogen (secondary N) is 2. The third-order valence-corrected chi connectivity index (χ3v) is 6.19. The molecule has 5 N–H and O–H groups in total. The van der Waals surface area contributed by atoms with Gasteiger partial charge in [0.15, 0.2) is 0 Å².